The van der Waals surface area contributed by atoms with E-state index >= 15 is 0 Å². The predicted molar refractivity (Wildman–Crippen MR) is 173 cm³/mol. The average molecular weight is 605 g/mol. The Morgan fingerprint density at radius 3 is 2.60 bits per heavy atom. The molecule has 0 atom stereocenters. The van der Waals surface area contributed by atoms with Crippen LogP contribution in [0.3, 0.4) is 0 Å². The molecular formula is C34H33FN8O2. The maximum atomic E-state index is 13.1. The molecule has 1 saturated heterocycles. The van der Waals surface area contributed by atoms with Crippen molar-refractivity contribution in [1.82, 2.24) is 24.8 Å². The van der Waals surface area contributed by atoms with Crippen molar-refractivity contribution in [1.29, 1.82) is 0 Å². The van der Waals surface area contributed by atoms with Gasteiger partial charge >= 0.3 is 0 Å². The minimum Gasteiger partial charge on any atom is -0.379 e. The summed E-state index contributed by atoms with van der Waals surface area (Å²) in [4.78, 5) is 33.2. The topological polar surface area (TPSA) is 117 Å². The molecule has 0 unspecified atom stereocenters. The number of benzene rings is 2. The summed E-state index contributed by atoms with van der Waals surface area (Å²) in [6.45, 7) is 5.50. The highest BCUT2D eigenvalue weighted by Crippen LogP contribution is 2.31. The van der Waals surface area contributed by atoms with Crippen molar-refractivity contribution in [3.63, 3.8) is 0 Å². The minimum atomic E-state index is -0.630. The van der Waals surface area contributed by atoms with Crippen LogP contribution in [0.4, 0.5) is 33.2 Å². The monoisotopic (exact) mass is 604 g/mol. The molecule has 0 bridgehead atoms. The first-order valence-corrected chi connectivity index (χ1v) is 14.7. The molecule has 5 aromatic rings. The number of ether oxygens (including phenoxy) is 1. The number of hydrogen-bond donors (Lipinski definition) is 3. The summed E-state index contributed by atoms with van der Waals surface area (Å²) in [5.41, 5.74) is 5.75. The van der Waals surface area contributed by atoms with Crippen LogP contribution in [0.1, 0.15) is 27.0 Å². The number of morpholine rings is 1. The normalized spacial score (nSPS) is 13.3. The van der Waals surface area contributed by atoms with Crippen molar-refractivity contribution in [2.75, 3.05) is 42.3 Å². The lowest BCUT2D eigenvalue weighted by Gasteiger charge is -2.26. The Bertz CT molecular complexity index is 1790. The molecule has 10 nitrogen and oxygen atoms in total. The molecule has 3 aromatic heterocycles. The van der Waals surface area contributed by atoms with Gasteiger partial charge in [0.15, 0.2) is 0 Å². The summed E-state index contributed by atoms with van der Waals surface area (Å²) in [6.07, 6.45) is 5.00. The zero-order valence-corrected chi connectivity index (χ0v) is 24.8. The van der Waals surface area contributed by atoms with E-state index in [9.17, 15) is 9.18 Å². The molecule has 1 amide bonds. The van der Waals surface area contributed by atoms with Crippen molar-refractivity contribution in [3.05, 3.63) is 114 Å². The molecule has 228 valence electrons. The summed E-state index contributed by atoms with van der Waals surface area (Å²) in [6, 6.07) is 21.8. The first-order chi connectivity index (χ1) is 22.0. The van der Waals surface area contributed by atoms with E-state index in [0.717, 1.165) is 55.2 Å². The number of amides is 1. The van der Waals surface area contributed by atoms with Crippen molar-refractivity contribution in [2.24, 2.45) is 0 Å². The lowest BCUT2D eigenvalue weighted by atomic mass is 10.1. The predicted octanol–water partition coefficient (Wildman–Crippen LogP) is 6.28. The SMILES string of the molecule is Cc1ccc(NC(=O)c2cccc(CF)c2)cc1Nc1ncccc1-c1cc(Nc2cc(CN3CCOCC3)ccn2)ncn1. The number of nitrogens with zero attached hydrogens (tertiary/aromatic N) is 5. The third-order valence-electron chi connectivity index (χ3n) is 7.43. The Labute approximate surface area is 260 Å². The van der Waals surface area contributed by atoms with E-state index in [4.69, 9.17) is 4.74 Å². The molecule has 0 saturated carbocycles. The summed E-state index contributed by atoms with van der Waals surface area (Å²) in [7, 11) is 0. The lowest BCUT2D eigenvalue weighted by Crippen LogP contribution is -2.35. The van der Waals surface area contributed by atoms with Gasteiger partial charge in [0, 0.05) is 60.6 Å². The molecule has 0 spiro atoms. The Morgan fingerprint density at radius 1 is 0.867 bits per heavy atom. The second-order valence-electron chi connectivity index (χ2n) is 10.7. The molecule has 45 heavy (non-hydrogen) atoms. The van der Waals surface area contributed by atoms with Crippen molar-refractivity contribution in [2.45, 2.75) is 20.1 Å². The van der Waals surface area contributed by atoms with Crippen LogP contribution in [0.2, 0.25) is 0 Å². The second kappa shape index (κ2) is 14.0. The Morgan fingerprint density at radius 2 is 1.73 bits per heavy atom. The molecular weight excluding hydrogens is 571 g/mol. The number of pyridine rings is 2. The van der Waals surface area contributed by atoms with E-state index in [-0.39, 0.29) is 5.91 Å². The number of aryl methyl sites for hydroxylation is 1. The third-order valence-corrected chi connectivity index (χ3v) is 7.43. The van der Waals surface area contributed by atoms with Gasteiger partial charge in [-0.05, 0) is 72.1 Å². The standard InChI is InChI=1S/C34H33FN8O2/c1-23-7-8-27(40-34(44)26-5-2-4-24(16-26)20-35)18-29(23)41-33-28(6-3-10-37-33)30-19-32(39-22-38-30)42-31-17-25(9-11-36-31)21-43-12-14-45-15-13-43/h2-11,16-19,22H,12-15,20-21H2,1H3,(H,37,41)(H,40,44)(H,36,38,39,42). The molecule has 3 N–H and O–H groups in total. The summed E-state index contributed by atoms with van der Waals surface area (Å²) in [5.74, 6) is 1.57. The van der Waals surface area contributed by atoms with Gasteiger partial charge in [0.2, 0.25) is 0 Å². The zero-order valence-electron chi connectivity index (χ0n) is 24.8. The van der Waals surface area contributed by atoms with Crippen LogP contribution >= 0.6 is 0 Å². The largest absolute Gasteiger partial charge is 0.379 e. The highest BCUT2D eigenvalue weighted by Gasteiger charge is 2.14. The molecule has 6 rings (SSSR count). The van der Waals surface area contributed by atoms with Gasteiger partial charge < -0.3 is 20.7 Å². The quantitative estimate of drug-likeness (QED) is 0.169. The van der Waals surface area contributed by atoms with Gasteiger partial charge in [-0.2, -0.15) is 0 Å². The number of hydrogen-bond acceptors (Lipinski definition) is 9. The number of anilines is 5. The number of carbonyl (C=O) groups excluding carboxylic acids is 1. The lowest BCUT2D eigenvalue weighted by molar-refractivity contribution is 0.0342. The van der Waals surface area contributed by atoms with Crippen molar-refractivity contribution in [3.8, 4) is 11.3 Å². The van der Waals surface area contributed by atoms with Gasteiger partial charge in [-0.1, -0.05) is 18.2 Å². The molecule has 2 aromatic carbocycles. The fourth-order valence-corrected chi connectivity index (χ4v) is 5.04. The number of alkyl halides is 1. The Hall–Kier alpha value is -5.26. The third kappa shape index (κ3) is 7.64. The maximum Gasteiger partial charge on any atom is 0.255 e. The van der Waals surface area contributed by atoms with Crippen LogP contribution in [-0.2, 0) is 18.0 Å². The summed E-state index contributed by atoms with van der Waals surface area (Å²) < 4.78 is 18.6. The second-order valence-corrected chi connectivity index (χ2v) is 10.7. The molecule has 11 heteroatoms. The summed E-state index contributed by atoms with van der Waals surface area (Å²) in [5, 5.41) is 9.62. The van der Waals surface area contributed by atoms with Crippen LogP contribution in [0.5, 0.6) is 0 Å². The van der Waals surface area contributed by atoms with Gasteiger partial charge in [-0.15, -0.1) is 0 Å². The van der Waals surface area contributed by atoms with Crippen LogP contribution in [-0.4, -0.2) is 57.0 Å². The van der Waals surface area contributed by atoms with E-state index in [1.54, 1.807) is 36.7 Å². The van der Waals surface area contributed by atoms with Gasteiger partial charge in [0.05, 0.1) is 18.9 Å². The van der Waals surface area contributed by atoms with Crippen LogP contribution in [0.15, 0.2) is 91.5 Å². The van der Waals surface area contributed by atoms with Gasteiger partial charge in [-0.25, -0.2) is 24.3 Å². The molecule has 1 fully saturated rings. The van der Waals surface area contributed by atoms with Crippen molar-refractivity contribution >= 4 is 34.7 Å². The number of carbonyl (C=O) groups is 1. The Kier molecular flexibility index (Phi) is 9.28. The molecule has 1 aliphatic heterocycles. The molecule has 4 heterocycles. The molecule has 0 aliphatic carbocycles. The highest BCUT2D eigenvalue weighted by atomic mass is 19.1. The maximum absolute atomic E-state index is 13.1. The highest BCUT2D eigenvalue weighted by molar-refractivity contribution is 6.04. The first-order valence-electron chi connectivity index (χ1n) is 14.7. The van der Waals surface area contributed by atoms with E-state index in [2.05, 4.69) is 40.8 Å². The van der Waals surface area contributed by atoms with Crippen LogP contribution in [0, 0.1) is 6.92 Å². The molecule has 1 aliphatic rings. The smallest absolute Gasteiger partial charge is 0.255 e. The minimum absolute atomic E-state index is 0.319. The van der Waals surface area contributed by atoms with Crippen LogP contribution < -0.4 is 16.0 Å². The van der Waals surface area contributed by atoms with Gasteiger partial charge in [0.1, 0.15) is 30.5 Å². The van der Waals surface area contributed by atoms with Crippen LogP contribution in [0.25, 0.3) is 11.3 Å². The van der Waals surface area contributed by atoms with Gasteiger partial charge in [0.25, 0.3) is 5.91 Å². The number of nitrogens with one attached hydrogen (secondary N) is 3. The van der Waals surface area contributed by atoms with E-state index in [1.807, 2.05) is 55.5 Å². The van der Waals surface area contributed by atoms with E-state index < -0.39 is 6.67 Å². The molecule has 0 radical (unpaired) electrons. The fraction of sp³-hybridized carbons (Fsp3) is 0.206. The summed E-state index contributed by atoms with van der Waals surface area (Å²) >= 11 is 0. The van der Waals surface area contributed by atoms with E-state index in [1.165, 1.54) is 6.33 Å². The van der Waals surface area contributed by atoms with Gasteiger partial charge in [-0.3, -0.25) is 9.69 Å². The first kappa shape index (κ1) is 29.8. The fourth-order valence-electron chi connectivity index (χ4n) is 5.04. The number of aromatic nitrogens is 4. The zero-order chi connectivity index (χ0) is 31.0. The van der Waals surface area contributed by atoms with E-state index in [0.29, 0.717) is 40.0 Å². The van der Waals surface area contributed by atoms with Crippen molar-refractivity contribution < 1.29 is 13.9 Å². The average Bonchev–Trinajstić information content (AvgIpc) is 3.07. The number of halogens is 1. The Balaban J connectivity index is 1.18. The number of rotatable bonds is 10.